The third kappa shape index (κ3) is 8.74. The van der Waals surface area contributed by atoms with Gasteiger partial charge in [-0.15, -0.1) is 0 Å². The van der Waals surface area contributed by atoms with Crippen LogP contribution >= 0.6 is 0 Å². The van der Waals surface area contributed by atoms with Gasteiger partial charge in [-0.05, 0) is 68.3 Å². The molecule has 2 unspecified atom stereocenters. The molecule has 46 heavy (non-hydrogen) atoms. The summed E-state index contributed by atoms with van der Waals surface area (Å²) in [5.41, 5.74) is 2.08. The zero-order chi connectivity index (χ0) is 32.7. The summed E-state index contributed by atoms with van der Waals surface area (Å²) in [4.78, 5) is 53.2. The lowest BCUT2D eigenvalue weighted by molar-refractivity contribution is -0.147. The molecular weight excluding hydrogens is 596 g/mol. The number of carbonyl (C=O) groups is 3. The molecule has 13 heteroatoms. The fourth-order valence-corrected chi connectivity index (χ4v) is 4.59. The monoisotopic (exact) mass is 630 g/mol. The van der Waals surface area contributed by atoms with E-state index in [-0.39, 0.29) is 32.0 Å². The van der Waals surface area contributed by atoms with Gasteiger partial charge in [0.2, 0.25) is 0 Å². The van der Waals surface area contributed by atoms with Crippen molar-refractivity contribution in [3.63, 3.8) is 0 Å². The minimum absolute atomic E-state index is 0.0677. The smallest absolute Gasteiger partial charge is 0.439 e. The van der Waals surface area contributed by atoms with E-state index in [0.29, 0.717) is 17.0 Å². The summed E-state index contributed by atoms with van der Waals surface area (Å²) in [7, 11) is 0. The largest absolute Gasteiger partial charge is 0.490 e. The predicted octanol–water partition coefficient (Wildman–Crippen LogP) is 4.61. The van der Waals surface area contributed by atoms with Crippen LogP contribution in [0.5, 0.6) is 5.75 Å². The van der Waals surface area contributed by atoms with Crippen LogP contribution in [0.2, 0.25) is 0 Å². The van der Waals surface area contributed by atoms with Gasteiger partial charge in [-0.2, -0.15) is 0 Å². The quantitative estimate of drug-likeness (QED) is 0.177. The van der Waals surface area contributed by atoms with E-state index in [4.69, 9.17) is 18.9 Å². The molecule has 4 aromatic rings. The number of aromatic amines is 1. The molecule has 2 heterocycles. The first-order valence-electron chi connectivity index (χ1n) is 14.6. The predicted molar refractivity (Wildman–Crippen MR) is 165 cm³/mol. The number of rotatable bonds is 11. The highest BCUT2D eigenvalue weighted by atomic mass is 16.6. The standard InChI is InChI=1S/C33H34N4O9/c1-33(2,3)45-30(39)34-27(29(38)43-19-22-7-5-4-6-8-22)17-21-9-15-25(16-10-21)42-20-26-18-37(32(41)44-26)24-13-11-23(12-14-24)28-35-31(40)46-36-28/h4-16,26-27H,17-20H2,1-3H3,(H,34,39)(H,35,36,40). The number of ether oxygens (including phenoxy) is 4. The molecular formula is C33H34N4O9. The Kier molecular flexibility index (Phi) is 9.70. The molecule has 240 valence electrons. The molecule has 0 aliphatic carbocycles. The van der Waals surface area contributed by atoms with Gasteiger partial charge in [-0.1, -0.05) is 47.6 Å². The van der Waals surface area contributed by atoms with Crippen molar-refractivity contribution < 1.29 is 37.9 Å². The Labute approximate surface area is 264 Å². The highest BCUT2D eigenvalue weighted by Crippen LogP contribution is 2.25. The highest BCUT2D eigenvalue weighted by molar-refractivity contribution is 5.90. The molecule has 0 radical (unpaired) electrons. The number of alkyl carbamates (subject to hydrolysis) is 1. The summed E-state index contributed by atoms with van der Waals surface area (Å²) < 4.78 is 26.7. The maximum Gasteiger partial charge on any atom is 0.439 e. The summed E-state index contributed by atoms with van der Waals surface area (Å²) in [6.45, 7) is 5.68. The van der Waals surface area contributed by atoms with E-state index in [1.54, 1.807) is 69.3 Å². The topological polar surface area (TPSA) is 162 Å². The van der Waals surface area contributed by atoms with Crippen molar-refractivity contribution in [3.8, 4) is 17.1 Å². The third-order valence-electron chi connectivity index (χ3n) is 6.77. The van der Waals surface area contributed by atoms with E-state index in [0.717, 1.165) is 11.1 Å². The minimum atomic E-state index is -0.985. The van der Waals surface area contributed by atoms with Gasteiger partial charge >= 0.3 is 23.9 Å². The minimum Gasteiger partial charge on any atom is -0.490 e. The van der Waals surface area contributed by atoms with Crippen molar-refractivity contribution in [2.75, 3.05) is 18.1 Å². The summed E-state index contributed by atoms with van der Waals surface area (Å²) >= 11 is 0. The van der Waals surface area contributed by atoms with Crippen molar-refractivity contribution in [3.05, 3.63) is 101 Å². The van der Waals surface area contributed by atoms with Gasteiger partial charge in [0.1, 0.15) is 30.6 Å². The highest BCUT2D eigenvalue weighted by Gasteiger charge is 2.33. The number of anilines is 1. The van der Waals surface area contributed by atoms with E-state index in [9.17, 15) is 19.2 Å². The van der Waals surface area contributed by atoms with Crippen LogP contribution in [0.3, 0.4) is 0 Å². The number of cyclic esters (lactones) is 1. The normalized spacial score (nSPS) is 15.2. The van der Waals surface area contributed by atoms with Gasteiger partial charge in [-0.25, -0.2) is 19.2 Å². The lowest BCUT2D eigenvalue weighted by Gasteiger charge is -2.23. The molecule has 13 nitrogen and oxygen atoms in total. The van der Waals surface area contributed by atoms with Crippen LogP contribution in [-0.2, 0) is 32.0 Å². The summed E-state index contributed by atoms with van der Waals surface area (Å²) in [6, 6.07) is 22.1. The SMILES string of the molecule is CC(C)(C)OC(=O)NC(Cc1ccc(OCC2CN(c3ccc(-c4noc(=O)[nH]4)cc3)C(=O)O2)cc1)C(=O)OCc1ccccc1. The molecule has 2 atom stereocenters. The molecule has 0 saturated carbocycles. The van der Waals surface area contributed by atoms with Gasteiger partial charge in [0.15, 0.2) is 11.9 Å². The van der Waals surface area contributed by atoms with E-state index in [2.05, 4.69) is 20.0 Å². The van der Waals surface area contributed by atoms with Crippen LogP contribution < -0.4 is 20.7 Å². The zero-order valence-corrected chi connectivity index (χ0v) is 25.6. The van der Waals surface area contributed by atoms with Crippen LogP contribution in [0.25, 0.3) is 11.4 Å². The van der Waals surface area contributed by atoms with Crippen LogP contribution in [0, 0.1) is 0 Å². The number of aromatic nitrogens is 2. The summed E-state index contributed by atoms with van der Waals surface area (Å²) in [6.07, 6.45) is -1.58. The molecule has 0 bridgehead atoms. The first-order valence-corrected chi connectivity index (χ1v) is 14.6. The molecule has 2 N–H and O–H groups in total. The zero-order valence-electron chi connectivity index (χ0n) is 25.6. The van der Waals surface area contributed by atoms with Crippen molar-refractivity contribution in [2.45, 2.75) is 51.5 Å². The van der Waals surface area contributed by atoms with E-state index in [1.165, 1.54) is 4.90 Å². The van der Waals surface area contributed by atoms with Crippen molar-refractivity contribution >= 4 is 23.8 Å². The second-order valence-electron chi connectivity index (χ2n) is 11.6. The Balaban J connectivity index is 1.15. The number of amides is 2. The fraction of sp³-hybridized carbons (Fsp3) is 0.303. The number of carbonyl (C=O) groups excluding carboxylic acids is 3. The Morgan fingerprint density at radius 1 is 1.00 bits per heavy atom. The van der Waals surface area contributed by atoms with Crippen LogP contribution in [0.1, 0.15) is 31.9 Å². The number of nitrogens with one attached hydrogen (secondary N) is 2. The third-order valence-corrected chi connectivity index (χ3v) is 6.77. The molecule has 1 aliphatic heterocycles. The van der Waals surface area contributed by atoms with Gasteiger partial charge in [0, 0.05) is 17.7 Å². The molecule has 2 amide bonds. The second-order valence-corrected chi connectivity index (χ2v) is 11.6. The van der Waals surface area contributed by atoms with Crippen molar-refractivity contribution in [1.29, 1.82) is 0 Å². The average Bonchev–Trinajstić information content (AvgIpc) is 3.63. The Morgan fingerprint density at radius 2 is 1.72 bits per heavy atom. The van der Waals surface area contributed by atoms with Crippen LogP contribution in [0.4, 0.5) is 15.3 Å². The Morgan fingerprint density at radius 3 is 2.37 bits per heavy atom. The maximum atomic E-state index is 13.0. The fourth-order valence-electron chi connectivity index (χ4n) is 4.59. The maximum absolute atomic E-state index is 13.0. The first kappa shape index (κ1) is 31.8. The number of hydrogen-bond donors (Lipinski definition) is 2. The van der Waals surface area contributed by atoms with Gasteiger partial charge < -0.3 is 24.3 Å². The number of H-pyrrole nitrogens is 1. The summed E-state index contributed by atoms with van der Waals surface area (Å²) in [5, 5.41) is 6.28. The van der Waals surface area contributed by atoms with Crippen molar-refractivity contribution in [2.24, 2.45) is 0 Å². The molecule has 5 rings (SSSR count). The lowest BCUT2D eigenvalue weighted by atomic mass is 10.1. The first-order chi connectivity index (χ1) is 22.0. The van der Waals surface area contributed by atoms with Crippen LogP contribution in [0.15, 0.2) is 88.2 Å². The summed E-state index contributed by atoms with van der Waals surface area (Å²) in [5.74, 6) is -0.424. The van der Waals surface area contributed by atoms with Gasteiger partial charge in [0.25, 0.3) is 0 Å². The molecule has 1 saturated heterocycles. The van der Waals surface area contributed by atoms with E-state index in [1.807, 2.05) is 30.3 Å². The molecule has 3 aromatic carbocycles. The average molecular weight is 631 g/mol. The number of esters is 1. The number of nitrogens with zero attached hydrogens (tertiary/aromatic N) is 2. The van der Waals surface area contributed by atoms with E-state index >= 15 is 0 Å². The van der Waals surface area contributed by atoms with Crippen molar-refractivity contribution in [1.82, 2.24) is 15.5 Å². The molecule has 1 fully saturated rings. The van der Waals surface area contributed by atoms with Crippen LogP contribution in [-0.4, -0.2) is 59.2 Å². The Bertz CT molecular complexity index is 1690. The van der Waals surface area contributed by atoms with Gasteiger partial charge in [0.05, 0.1) is 6.54 Å². The lowest BCUT2D eigenvalue weighted by Crippen LogP contribution is -2.45. The molecule has 1 aromatic heterocycles. The van der Waals surface area contributed by atoms with Gasteiger partial charge in [-0.3, -0.25) is 14.4 Å². The van der Waals surface area contributed by atoms with E-state index < -0.39 is 41.7 Å². The second kappa shape index (κ2) is 14.0. The Hall–Kier alpha value is -5.59. The number of benzene rings is 3. The number of hydrogen-bond acceptors (Lipinski definition) is 10. The molecule has 0 spiro atoms. The molecule has 1 aliphatic rings.